The van der Waals surface area contributed by atoms with Gasteiger partial charge in [0.2, 0.25) is 0 Å². The highest BCUT2D eigenvalue weighted by Gasteiger charge is 2.50. The maximum absolute atomic E-state index is 11.3. The summed E-state index contributed by atoms with van der Waals surface area (Å²) in [6.45, 7) is 7.73. The lowest BCUT2D eigenvalue weighted by molar-refractivity contribution is 0.424. The van der Waals surface area contributed by atoms with Crippen molar-refractivity contribution >= 4 is 11.0 Å². The molecule has 2 atom stereocenters. The SMILES string of the molecule is CCNC(c1ccc2[nH]c(=O)[nH]c2c1)C1CC1(C)C. The largest absolute Gasteiger partial charge is 0.323 e. The highest BCUT2D eigenvalue weighted by Crippen LogP contribution is 2.57. The van der Waals surface area contributed by atoms with E-state index in [0.717, 1.165) is 17.6 Å². The lowest BCUT2D eigenvalue weighted by atomic mass is 9.96. The molecule has 0 saturated heterocycles. The molecule has 102 valence electrons. The van der Waals surface area contributed by atoms with Crippen molar-refractivity contribution in [3.63, 3.8) is 0 Å². The molecule has 1 aromatic carbocycles. The van der Waals surface area contributed by atoms with Gasteiger partial charge < -0.3 is 15.3 Å². The van der Waals surface area contributed by atoms with E-state index in [4.69, 9.17) is 0 Å². The number of fused-ring (bicyclic) bond motifs is 1. The van der Waals surface area contributed by atoms with Crippen LogP contribution in [0.25, 0.3) is 11.0 Å². The predicted octanol–water partition coefficient (Wildman–Crippen LogP) is 2.55. The second kappa shape index (κ2) is 4.23. The summed E-state index contributed by atoms with van der Waals surface area (Å²) < 4.78 is 0. The van der Waals surface area contributed by atoms with Crippen LogP contribution in [0.4, 0.5) is 0 Å². The van der Waals surface area contributed by atoms with Gasteiger partial charge in [-0.25, -0.2) is 4.79 Å². The summed E-state index contributed by atoms with van der Waals surface area (Å²) in [7, 11) is 0. The second-order valence-electron chi connectivity index (χ2n) is 6.22. The molecule has 3 N–H and O–H groups in total. The van der Waals surface area contributed by atoms with Crippen LogP contribution < -0.4 is 11.0 Å². The molecule has 0 bridgehead atoms. The third kappa shape index (κ3) is 2.21. The van der Waals surface area contributed by atoms with E-state index in [1.807, 2.05) is 6.07 Å². The quantitative estimate of drug-likeness (QED) is 0.790. The molecule has 3 rings (SSSR count). The van der Waals surface area contributed by atoms with Crippen LogP contribution >= 0.6 is 0 Å². The van der Waals surface area contributed by atoms with E-state index in [1.54, 1.807) is 0 Å². The van der Waals surface area contributed by atoms with Crippen LogP contribution in [0.15, 0.2) is 23.0 Å². The van der Waals surface area contributed by atoms with Gasteiger partial charge in [0, 0.05) is 6.04 Å². The molecule has 1 aliphatic carbocycles. The molecule has 0 aliphatic heterocycles. The van der Waals surface area contributed by atoms with Crippen LogP contribution in [0.2, 0.25) is 0 Å². The van der Waals surface area contributed by atoms with Gasteiger partial charge in [-0.2, -0.15) is 0 Å². The topological polar surface area (TPSA) is 60.7 Å². The number of hydrogen-bond acceptors (Lipinski definition) is 2. The van der Waals surface area contributed by atoms with Crippen LogP contribution in [0.1, 0.15) is 38.8 Å². The van der Waals surface area contributed by atoms with Crippen molar-refractivity contribution < 1.29 is 0 Å². The summed E-state index contributed by atoms with van der Waals surface area (Å²) >= 11 is 0. The molecule has 0 spiro atoms. The summed E-state index contributed by atoms with van der Waals surface area (Å²) in [4.78, 5) is 16.9. The highest BCUT2D eigenvalue weighted by molar-refractivity contribution is 5.75. The van der Waals surface area contributed by atoms with Gasteiger partial charge >= 0.3 is 5.69 Å². The molecule has 2 aromatic rings. The molecule has 2 unspecified atom stereocenters. The van der Waals surface area contributed by atoms with Gasteiger partial charge in [0.15, 0.2) is 0 Å². The summed E-state index contributed by atoms with van der Waals surface area (Å²) in [5.41, 5.74) is 3.31. The first-order valence-electron chi connectivity index (χ1n) is 6.96. The van der Waals surface area contributed by atoms with E-state index < -0.39 is 0 Å². The van der Waals surface area contributed by atoms with E-state index >= 15 is 0 Å². The molecular formula is C15H21N3O. The van der Waals surface area contributed by atoms with E-state index in [9.17, 15) is 4.79 Å². The Morgan fingerprint density at radius 2 is 2.05 bits per heavy atom. The predicted molar refractivity (Wildman–Crippen MR) is 77.2 cm³/mol. The molecule has 4 nitrogen and oxygen atoms in total. The van der Waals surface area contributed by atoms with Crippen LogP contribution in [0, 0.1) is 11.3 Å². The number of benzene rings is 1. The van der Waals surface area contributed by atoms with Crippen molar-refractivity contribution in [2.75, 3.05) is 6.54 Å². The lowest BCUT2D eigenvalue weighted by Gasteiger charge is -2.20. The lowest BCUT2D eigenvalue weighted by Crippen LogP contribution is -2.24. The number of rotatable bonds is 4. The Morgan fingerprint density at radius 3 is 2.68 bits per heavy atom. The second-order valence-corrected chi connectivity index (χ2v) is 6.22. The zero-order valence-electron chi connectivity index (χ0n) is 11.7. The third-order valence-corrected chi connectivity index (χ3v) is 4.32. The maximum atomic E-state index is 11.3. The smallest absolute Gasteiger partial charge is 0.310 e. The summed E-state index contributed by atoms with van der Waals surface area (Å²) in [6, 6.07) is 6.58. The van der Waals surface area contributed by atoms with Gasteiger partial charge in [-0.15, -0.1) is 0 Å². The van der Waals surface area contributed by atoms with Crippen molar-refractivity contribution in [2.45, 2.75) is 33.2 Å². The van der Waals surface area contributed by atoms with Crippen molar-refractivity contribution in [3.05, 3.63) is 34.2 Å². The number of aromatic nitrogens is 2. The molecule has 4 heteroatoms. The Hall–Kier alpha value is -1.55. The van der Waals surface area contributed by atoms with E-state index in [0.29, 0.717) is 17.4 Å². The molecule has 19 heavy (non-hydrogen) atoms. The Morgan fingerprint density at radius 1 is 1.37 bits per heavy atom. The van der Waals surface area contributed by atoms with Gasteiger partial charge in [0.1, 0.15) is 0 Å². The van der Waals surface area contributed by atoms with E-state index in [-0.39, 0.29) is 5.69 Å². The fraction of sp³-hybridized carbons (Fsp3) is 0.533. The summed E-state index contributed by atoms with van der Waals surface area (Å²) in [5.74, 6) is 0.676. The highest BCUT2D eigenvalue weighted by atomic mass is 16.1. The number of imidazole rings is 1. The average Bonchev–Trinajstić information content (AvgIpc) is 2.81. The van der Waals surface area contributed by atoms with Gasteiger partial charge in [0.25, 0.3) is 0 Å². The molecule has 1 fully saturated rings. The molecule has 1 heterocycles. The average molecular weight is 259 g/mol. The van der Waals surface area contributed by atoms with Crippen molar-refractivity contribution in [1.82, 2.24) is 15.3 Å². The van der Waals surface area contributed by atoms with Crippen molar-refractivity contribution in [1.29, 1.82) is 0 Å². The van der Waals surface area contributed by atoms with Crippen LogP contribution in [0.3, 0.4) is 0 Å². The first-order valence-corrected chi connectivity index (χ1v) is 6.96. The Labute approximate surface area is 112 Å². The molecular weight excluding hydrogens is 238 g/mol. The van der Waals surface area contributed by atoms with Gasteiger partial charge in [-0.3, -0.25) is 0 Å². The van der Waals surface area contributed by atoms with Gasteiger partial charge in [0.05, 0.1) is 11.0 Å². The zero-order chi connectivity index (χ0) is 13.6. The number of nitrogens with one attached hydrogen (secondary N) is 3. The minimum Gasteiger partial charge on any atom is -0.310 e. The van der Waals surface area contributed by atoms with Crippen molar-refractivity contribution in [2.24, 2.45) is 11.3 Å². The van der Waals surface area contributed by atoms with E-state index in [2.05, 4.69) is 48.2 Å². The first kappa shape index (κ1) is 12.5. The first-order chi connectivity index (χ1) is 9.01. The molecule has 0 amide bonds. The van der Waals surface area contributed by atoms with E-state index in [1.165, 1.54) is 12.0 Å². The monoisotopic (exact) mass is 259 g/mol. The molecule has 1 aliphatic rings. The maximum Gasteiger partial charge on any atom is 0.323 e. The normalized spacial score (nSPS) is 22.6. The molecule has 1 aromatic heterocycles. The van der Waals surface area contributed by atoms with Crippen LogP contribution in [-0.4, -0.2) is 16.5 Å². The zero-order valence-corrected chi connectivity index (χ0v) is 11.7. The third-order valence-electron chi connectivity index (χ3n) is 4.32. The van der Waals surface area contributed by atoms with Crippen LogP contribution in [0.5, 0.6) is 0 Å². The Kier molecular flexibility index (Phi) is 2.78. The fourth-order valence-electron chi connectivity index (χ4n) is 3.03. The Bertz CT molecular complexity index is 653. The van der Waals surface area contributed by atoms with Crippen molar-refractivity contribution in [3.8, 4) is 0 Å². The summed E-state index contributed by atoms with van der Waals surface area (Å²) in [6.07, 6.45) is 1.26. The minimum atomic E-state index is -0.140. The number of hydrogen-bond donors (Lipinski definition) is 3. The fourth-order valence-corrected chi connectivity index (χ4v) is 3.03. The number of H-pyrrole nitrogens is 2. The van der Waals surface area contributed by atoms with Gasteiger partial charge in [-0.05, 0) is 42.0 Å². The van der Waals surface area contributed by atoms with Crippen LogP contribution in [-0.2, 0) is 0 Å². The number of aromatic amines is 2. The summed E-state index contributed by atoms with van der Waals surface area (Å²) in [5, 5.41) is 3.59. The van der Waals surface area contributed by atoms with Gasteiger partial charge in [-0.1, -0.05) is 26.8 Å². The standard InChI is InChI=1S/C15H21N3O/c1-4-16-13(10-8-15(10,2)3)9-5-6-11-12(7-9)18-14(19)17-11/h5-7,10,13,16H,4,8H2,1-3H3,(H2,17,18,19). The minimum absolute atomic E-state index is 0.140. The molecule has 0 radical (unpaired) electrons. The molecule has 1 saturated carbocycles. The Balaban J connectivity index is 1.97.